The van der Waals surface area contributed by atoms with Crippen molar-refractivity contribution >= 4 is 12.0 Å². The maximum absolute atomic E-state index is 11.7. The fourth-order valence-corrected chi connectivity index (χ4v) is 1.57. The van der Waals surface area contributed by atoms with Gasteiger partial charge in [0.1, 0.15) is 0 Å². The second kappa shape index (κ2) is 8.16. The highest BCUT2D eigenvalue weighted by atomic mass is 16.5. The third kappa shape index (κ3) is 5.27. The van der Waals surface area contributed by atoms with Crippen LogP contribution in [0.15, 0.2) is 12.5 Å². The van der Waals surface area contributed by atoms with E-state index in [0.717, 1.165) is 6.42 Å². The first-order valence-electron chi connectivity index (χ1n) is 6.27. The predicted octanol–water partition coefficient (Wildman–Crippen LogP) is 0.259. The number of carboxylic acid groups (broad SMARTS) is 1. The van der Waals surface area contributed by atoms with Crippen LogP contribution in [0.2, 0.25) is 0 Å². The molecule has 8 nitrogen and oxygen atoms in total. The van der Waals surface area contributed by atoms with Crippen LogP contribution >= 0.6 is 0 Å². The molecular formula is C12H20N4O4. The average molecular weight is 284 g/mol. The number of carbonyl (C=O) groups excluding carboxylic acids is 1. The number of aromatic carboxylic acids is 1. The van der Waals surface area contributed by atoms with Crippen molar-refractivity contribution in [2.24, 2.45) is 0 Å². The third-order valence-corrected chi connectivity index (χ3v) is 2.69. The number of nitrogens with one attached hydrogen (secondary N) is 1. The van der Waals surface area contributed by atoms with Crippen LogP contribution < -0.4 is 5.32 Å². The maximum atomic E-state index is 11.7. The molecule has 0 radical (unpaired) electrons. The summed E-state index contributed by atoms with van der Waals surface area (Å²) >= 11 is 0. The molecule has 0 unspecified atom stereocenters. The van der Waals surface area contributed by atoms with Crippen molar-refractivity contribution in [1.82, 2.24) is 19.8 Å². The summed E-state index contributed by atoms with van der Waals surface area (Å²) in [6, 6.07) is -0.167. The van der Waals surface area contributed by atoms with Gasteiger partial charge in [-0.15, -0.1) is 0 Å². The predicted molar refractivity (Wildman–Crippen MR) is 71.7 cm³/mol. The van der Waals surface area contributed by atoms with Gasteiger partial charge >= 0.3 is 12.0 Å². The van der Waals surface area contributed by atoms with E-state index in [1.807, 2.05) is 0 Å². The first-order valence-corrected chi connectivity index (χ1v) is 6.27. The first-order chi connectivity index (χ1) is 9.54. The van der Waals surface area contributed by atoms with E-state index in [1.165, 1.54) is 12.5 Å². The number of aromatic nitrogens is 2. The van der Waals surface area contributed by atoms with Gasteiger partial charge in [-0.2, -0.15) is 0 Å². The standard InChI is InChI=1S/C12H20N4O4/c1-15(5-3-7-20-2)12(19)13-4-6-16-8-10(11(17)18)14-9-16/h8-9H,3-7H2,1-2H3,(H,13,19)(H,17,18). The molecule has 1 aromatic rings. The van der Waals surface area contributed by atoms with Crippen molar-refractivity contribution in [2.45, 2.75) is 13.0 Å². The number of amides is 2. The smallest absolute Gasteiger partial charge is 0.356 e. The van der Waals surface area contributed by atoms with E-state index < -0.39 is 5.97 Å². The molecule has 0 saturated carbocycles. The molecule has 0 aliphatic rings. The zero-order valence-electron chi connectivity index (χ0n) is 11.7. The number of rotatable bonds is 8. The van der Waals surface area contributed by atoms with E-state index in [2.05, 4.69) is 10.3 Å². The molecule has 2 N–H and O–H groups in total. The summed E-state index contributed by atoms with van der Waals surface area (Å²) in [5, 5.41) is 11.5. The van der Waals surface area contributed by atoms with Gasteiger partial charge < -0.3 is 24.6 Å². The number of carbonyl (C=O) groups is 2. The average Bonchev–Trinajstić information content (AvgIpc) is 2.87. The van der Waals surface area contributed by atoms with Crippen LogP contribution in [0.5, 0.6) is 0 Å². The van der Waals surface area contributed by atoms with E-state index in [-0.39, 0.29) is 11.7 Å². The maximum Gasteiger partial charge on any atom is 0.356 e. The molecule has 1 rings (SSSR count). The molecular weight excluding hydrogens is 264 g/mol. The molecule has 0 fully saturated rings. The highest BCUT2D eigenvalue weighted by molar-refractivity contribution is 5.84. The molecule has 1 aromatic heterocycles. The van der Waals surface area contributed by atoms with Crippen molar-refractivity contribution in [2.75, 3.05) is 33.9 Å². The molecule has 0 aromatic carbocycles. The van der Waals surface area contributed by atoms with Gasteiger partial charge in [-0.1, -0.05) is 0 Å². The van der Waals surface area contributed by atoms with Crippen LogP contribution in [-0.4, -0.2) is 65.4 Å². The molecule has 20 heavy (non-hydrogen) atoms. The Morgan fingerprint density at radius 3 is 2.90 bits per heavy atom. The van der Waals surface area contributed by atoms with Crippen molar-refractivity contribution < 1.29 is 19.4 Å². The normalized spacial score (nSPS) is 10.3. The molecule has 0 saturated heterocycles. The molecule has 1 heterocycles. The second-order valence-corrected chi connectivity index (χ2v) is 4.30. The van der Waals surface area contributed by atoms with E-state index in [9.17, 15) is 9.59 Å². The van der Waals surface area contributed by atoms with Crippen LogP contribution in [0.4, 0.5) is 4.79 Å². The number of nitrogens with zero attached hydrogens (tertiary/aromatic N) is 3. The number of methoxy groups -OCH3 is 1. The molecule has 112 valence electrons. The monoisotopic (exact) mass is 284 g/mol. The quantitative estimate of drug-likeness (QED) is 0.667. The number of ether oxygens (including phenoxy) is 1. The fourth-order valence-electron chi connectivity index (χ4n) is 1.57. The van der Waals surface area contributed by atoms with Crippen LogP contribution in [0.3, 0.4) is 0 Å². The van der Waals surface area contributed by atoms with Gasteiger partial charge in [0, 0.05) is 46.6 Å². The minimum atomic E-state index is -1.06. The summed E-state index contributed by atoms with van der Waals surface area (Å²) in [6.07, 6.45) is 3.64. The van der Waals surface area contributed by atoms with Gasteiger partial charge in [0.15, 0.2) is 5.69 Å². The van der Waals surface area contributed by atoms with Gasteiger partial charge in [-0.25, -0.2) is 14.6 Å². The Balaban J connectivity index is 2.25. The lowest BCUT2D eigenvalue weighted by Gasteiger charge is -2.17. The summed E-state index contributed by atoms with van der Waals surface area (Å²) in [4.78, 5) is 27.6. The van der Waals surface area contributed by atoms with Gasteiger partial charge in [-0.05, 0) is 6.42 Å². The Kier molecular flexibility index (Phi) is 6.51. The van der Waals surface area contributed by atoms with Crippen molar-refractivity contribution in [1.29, 1.82) is 0 Å². The van der Waals surface area contributed by atoms with Crippen LogP contribution in [0.1, 0.15) is 16.9 Å². The number of hydrogen-bond acceptors (Lipinski definition) is 4. The van der Waals surface area contributed by atoms with Gasteiger partial charge in [0.2, 0.25) is 0 Å². The second-order valence-electron chi connectivity index (χ2n) is 4.30. The first kappa shape index (κ1) is 16.0. The van der Waals surface area contributed by atoms with Crippen LogP contribution in [0.25, 0.3) is 0 Å². The number of urea groups is 1. The molecule has 0 atom stereocenters. The van der Waals surface area contributed by atoms with Crippen LogP contribution in [0, 0.1) is 0 Å². The SMILES string of the molecule is COCCCN(C)C(=O)NCCn1cnc(C(=O)O)c1. The van der Waals surface area contributed by atoms with E-state index in [1.54, 1.807) is 23.6 Å². The summed E-state index contributed by atoms with van der Waals surface area (Å²) in [5.41, 5.74) is -0.00647. The Bertz CT molecular complexity index is 446. The summed E-state index contributed by atoms with van der Waals surface area (Å²) in [7, 11) is 3.33. The van der Waals surface area contributed by atoms with Crippen molar-refractivity contribution in [3.8, 4) is 0 Å². The third-order valence-electron chi connectivity index (χ3n) is 2.69. The summed E-state index contributed by atoms with van der Waals surface area (Å²) in [6.45, 7) is 2.11. The number of carboxylic acids is 1. The van der Waals surface area contributed by atoms with E-state index in [4.69, 9.17) is 9.84 Å². The Hall–Kier alpha value is -2.09. The molecule has 8 heteroatoms. The Morgan fingerprint density at radius 1 is 1.55 bits per heavy atom. The van der Waals surface area contributed by atoms with Gasteiger partial charge in [0.25, 0.3) is 0 Å². The number of imidazole rings is 1. The lowest BCUT2D eigenvalue weighted by molar-refractivity contribution is 0.0691. The molecule has 2 amide bonds. The topological polar surface area (TPSA) is 96.7 Å². The Labute approximate surface area is 117 Å². The fraction of sp³-hybridized carbons (Fsp3) is 0.583. The largest absolute Gasteiger partial charge is 0.476 e. The zero-order valence-corrected chi connectivity index (χ0v) is 11.7. The molecule has 0 bridgehead atoms. The molecule has 0 aliphatic carbocycles. The van der Waals surface area contributed by atoms with Crippen LogP contribution in [-0.2, 0) is 11.3 Å². The molecule has 0 spiro atoms. The van der Waals surface area contributed by atoms with E-state index >= 15 is 0 Å². The van der Waals surface area contributed by atoms with Crippen molar-refractivity contribution in [3.63, 3.8) is 0 Å². The lowest BCUT2D eigenvalue weighted by atomic mass is 10.4. The Morgan fingerprint density at radius 2 is 2.30 bits per heavy atom. The summed E-state index contributed by atoms with van der Waals surface area (Å²) in [5.74, 6) is -1.06. The highest BCUT2D eigenvalue weighted by Gasteiger charge is 2.08. The minimum absolute atomic E-state index is 0.00647. The zero-order chi connectivity index (χ0) is 15.0. The van der Waals surface area contributed by atoms with E-state index in [0.29, 0.717) is 26.2 Å². The van der Waals surface area contributed by atoms with Gasteiger partial charge in [-0.3, -0.25) is 0 Å². The molecule has 0 aliphatic heterocycles. The minimum Gasteiger partial charge on any atom is -0.476 e. The highest BCUT2D eigenvalue weighted by Crippen LogP contribution is 1.95. The van der Waals surface area contributed by atoms with Crippen molar-refractivity contribution in [3.05, 3.63) is 18.2 Å². The number of hydrogen-bond donors (Lipinski definition) is 2. The van der Waals surface area contributed by atoms with Gasteiger partial charge in [0.05, 0.1) is 6.33 Å². The lowest BCUT2D eigenvalue weighted by Crippen LogP contribution is -2.39. The summed E-state index contributed by atoms with van der Waals surface area (Å²) < 4.78 is 6.54.